The summed E-state index contributed by atoms with van der Waals surface area (Å²) in [6, 6.07) is 5.19. The largest absolute Gasteiger partial charge is 0.495 e. The third-order valence-corrected chi connectivity index (χ3v) is 4.16. The minimum atomic E-state index is -0.937. The zero-order valence-electron chi connectivity index (χ0n) is 11.5. The third kappa shape index (κ3) is 3.64. The SMILES string of the molecule is COc1cc(NC(=O)[C@@H]2CC=CC[C@@H]2C(=O)O)ccc1Br. The Bertz CT molecular complexity index is 585. The zero-order chi connectivity index (χ0) is 15.4. The van der Waals surface area contributed by atoms with Crippen LogP contribution in [0.3, 0.4) is 0 Å². The van der Waals surface area contributed by atoms with Crippen molar-refractivity contribution in [3.05, 3.63) is 34.8 Å². The molecule has 2 N–H and O–H groups in total. The van der Waals surface area contributed by atoms with Crippen molar-refractivity contribution in [2.24, 2.45) is 11.8 Å². The first-order chi connectivity index (χ1) is 10.0. The molecular weight excluding hydrogens is 338 g/mol. The van der Waals surface area contributed by atoms with Crippen LogP contribution in [-0.4, -0.2) is 24.1 Å². The Kier molecular flexibility index (Phi) is 5.01. The van der Waals surface area contributed by atoms with Crippen LogP contribution in [0.4, 0.5) is 5.69 Å². The minimum Gasteiger partial charge on any atom is -0.495 e. The Hall–Kier alpha value is -1.82. The summed E-state index contributed by atoms with van der Waals surface area (Å²) < 4.78 is 5.95. The first-order valence-corrected chi connectivity index (χ1v) is 7.34. The molecule has 0 spiro atoms. The maximum Gasteiger partial charge on any atom is 0.307 e. The van der Waals surface area contributed by atoms with Crippen molar-refractivity contribution in [1.82, 2.24) is 0 Å². The molecular formula is C15H16BrNO4. The number of methoxy groups -OCH3 is 1. The van der Waals surface area contributed by atoms with Crippen molar-refractivity contribution in [3.8, 4) is 5.75 Å². The first-order valence-electron chi connectivity index (χ1n) is 6.55. The normalized spacial score (nSPS) is 20.9. The summed E-state index contributed by atoms with van der Waals surface area (Å²) in [5, 5.41) is 12.0. The zero-order valence-corrected chi connectivity index (χ0v) is 13.1. The van der Waals surface area contributed by atoms with E-state index in [9.17, 15) is 14.7 Å². The van der Waals surface area contributed by atoms with Crippen LogP contribution in [0.1, 0.15) is 12.8 Å². The summed E-state index contributed by atoms with van der Waals surface area (Å²) >= 11 is 3.34. The lowest BCUT2D eigenvalue weighted by Crippen LogP contribution is -2.34. The number of carbonyl (C=O) groups is 2. The lowest BCUT2D eigenvalue weighted by atomic mass is 9.82. The summed E-state index contributed by atoms with van der Waals surface area (Å²) in [6.07, 6.45) is 4.49. The van der Waals surface area contributed by atoms with Crippen molar-refractivity contribution < 1.29 is 19.4 Å². The highest BCUT2D eigenvalue weighted by Gasteiger charge is 2.33. The Balaban J connectivity index is 2.13. The summed E-state index contributed by atoms with van der Waals surface area (Å²) in [5.74, 6) is -1.84. The smallest absolute Gasteiger partial charge is 0.307 e. The predicted molar refractivity (Wildman–Crippen MR) is 82.3 cm³/mol. The Morgan fingerprint density at radius 3 is 2.57 bits per heavy atom. The van der Waals surface area contributed by atoms with E-state index < -0.39 is 17.8 Å². The van der Waals surface area contributed by atoms with Gasteiger partial charge < -0.3 is 15.2 Å². The van der Waals surface area contributed by atoms with Gasteiger partial charge in [0.1, 0.15) is 5.75 Å². The number of nitrogens with one attached hydrogen (secondary N) is 1. The van der Waals surface area contributed by atoms with Crippen LogP contribution >= 0.6 is 15.9 Å². The number of rotatable bonds is 4. The standard InChI is InChI=1S/C15H16BrNO4/c1-21-13-8-9(6-7-12(13)16)17-14(18)10-4-2-3-5-11(10)15(19)20/h2-3,6-8,10-11H,4-5H2,1H3,(H,17,18)(H,19,20)/t10-,11+/m1/s1. The molecule has 0 fully saturated rings. The van der Waals surface area contributed by atoms with Gasteiger partial charge in [-0.1, -0.05) is 12.2 Å². The number of anilines is 1. The molecule has 0 aromatic heterocycles. The highest BCUT2D eigenvalue weighted by Crippen LogP contribution is 2.30. The maximum absolute atomic E-state index is 12.3. The number of aliphatic carboxylic acids is 1. The average molecular weight is 354 g/mol. The van der Waals surface area contributed by atoms with Gasteiger partial charge >= 0.3 is 5.97 Å². The number of halogens is 1. The van der Waals surface area contributed by atoms with Gasteiger partial charge in [0.25, 0.3) is 0 Å². The molecule has 1 aliphatic carbocycles. The topological polar surface area (TPSA) is 75.6 Å². The summed E-state index contributed by atoms with van der Waals surface area (Å²) in [4.78, 5) is 23.5. The van der Waals surface area contributed by atoms with Crippen LogP contribution in [0, 0.1) is 11.8 Å². The van der Waals surface area contributed by atoms with E-state index in [2.05, 4.69) is 21.2 Å². The fourth-order valence-electron chi connectivity index (χ4n) is 2.35. The number of amides is 1. The van der Waals surface area contributed by atoms with Crippen molar-refractivity contribution in [3.63, 3.8) is 0 Å². The second kappa shape index (κ2) is 6.76. The van der Waals surface area contributed by atoms with Gasteiger partial charge in [-0.2, -0.15) is 0 Å². The Morgan fingerprint density at radius 2 is 1.95 bits per heavy atom. The van der Waals surface area contributed by atoms with Gasteiger partial charge in [0.05, 0.1) is 23.4 Å². The van der Waals surface area contributed by atoms with Gasteiger partial charge in [-0.3, -0.25) is 9.59 Å². The number of hydrogen-bond donors (Lipinski definition) is 2. The van der Waals surface area contributed by atoms with E-state index >= 15 is 0 Å². The van der Waals surface area contributed by atoms with Crippen LogP contribution in [0.2, 0.25) is 0 Å². The average Bonchev–Trinajstić information content (AvgIpc) is 2.49. The number of benzene rings is 1. The molecule has 112 valence electrons. The number of hydrogen-bond acceptors (Lipinski definition) is 3. The highest BCUT2D eigenvalue weighted by atomic mass is 79.9. The molecule has 0 saturated heterocycles. The molecule has 0 radical (unpaired) electrons. The fourth-order valence-corrected chi connectivity index (χ4v) is 2.76. The highest BCUT2D eigenvalue weighted by molar-refractivity contribution is 9.10. The summed E-state index contributed by atoms with van der Waals surface area (Å²) in [6.45, 7) is 0. The molecule has 1 amide bonds. The van der Waals surface area contributed by atoms with Crippen molar-refractivity contribution in [2.45, 2.75) is 12.8 Å². The quantitative estimate of drug-likeness (QED) is 0.815. The molecule has 1 aromatic rings. The predicted octanol–water partition coefficient (Wildman–Crippen LogP) is 3.06. The minimum absolute atomic E-state index is 0.281. The van der Waals surface area contributed by atoms with Crippen molar-refractivity contribution >= 4 is 33.5 Å². The molecule has 21 heavy (non-hydrogen) atoms. The molecule has 6 heteroatoms. The molecule has 0 aliphatic heterocycles. The van der Waals surface area contributed by atoms with Gasteiger partial charge in [0, 0.05) is 11.8 Å². The number of carboxylic acid groups (broad SMARTS) is 1. The van der Waals surface area contributed by atoms with Gasteiger partial charge in [0.2, 0.25) is 5.91 Å². The van der Waals surface area contributed by atoms with Crippen LogP contribution in [-0.2, 0) is 9.59 Å². The Morgan fingerprint density at radius 1 is 1.29 bits per heavy atom. The van der Waals surface area contributed by atoms with Crippen LogP contribution in [0.25, 0.3) is 0 Å². The lowest BCUT2D eigenvalue weighted by molar-refractivity contribution is -0.146. The Labute approximate surface area is 131 Å². The summed E-state index contributed by atoms with van der Waals surface area (Å²) in [5.41, 5.74) is 0.582. The van der Waals surface area contributed by atoms with Crippen LogP contribution in [0.15, 0.2) is 34.8 Å². The molecule has 0 unspecified atom stereocenters. The van der Waals surface area contributed by atoms with E-state index in [4.69, 9.17) is 4.74 Å². The van der Waals surface area contributed by atoms with E-state index in [1.165, 1.54) is 7.11 Å². The molecule has 1 aromatic carbocycles. The van der Waals surface area contributed by atoms with Crippen molar-refractivity contribution in [2.75, 3.05) is 12.4 Å². The molecule has 0 saturated carbocycles. The fraction of sp³-hybridized carbons (Fsp3) is 0.333. The molecule has 1 aliphatic rings. The van der Waals surface area contributed by atoms with Crippen LogP contribution in [0.5, 0.6) is 5.75 Å². The first kappa shape index (κ1) is 15.6. The van der Waals surface area contributed by atoms with Gasteiger partial charge in [-0.25, -0.2) is 0 Å². The molecule has 5 nitrogen and oxygen atoms in total. The van der Waals surface area contributed by atoms with E-state index in [0.717, 1.165) is 4.47 Å². The second-order valence-electron chi connectivity index (χ2n) is 4.83. The van der Waals surface area contributed by atoms with E-state index in [1.54, 1.807) is 18.2 Å². The molecule has 0 bridgehead atoms. The number of carboxylic acids is 1. The van der Waals surface area contributed by atoms with Crippen molar-refractivity contribution in [1.29, 1.82) is 0 Å². The van der Waals surface area contributed by atoms with Crippen LogP contribution < -0.4 is 10.1 Å². The number of ether oxygens (including phenoxy) is 1. The van der Waals surface area contributed by atoms with Gasteiger partial charge in [-0.05, 0) is 40.9 Å². The summed E-state index contributed by atoms with van der Waals surface area (Å²) in [7, 11) is 1.54. The molecule has 2 atom stereocenters. The van der Waals surface area contributed by atoms with E-state index in [1.807, 2.05) is 12.2 Å². The third-order valence-electron chi connectivity index (χ3n) is 3.51. The lowest BCUT2D eigenvalue weighted by Gasteiger charge is -2.24. The molecule has 2 rings (SSSR count). The molecule has 0 heterocycles. The number of allylic oxidation sites excluding steroid dienone is 2. The van der Waals surface area contributed by atoms with E-state index in [-0.39, 0.29) is 5.91 Å². The monoisotopic (exact) mass is 353 g/mol. The van der Waals surface area contributed by atoms with E-state index in [0.29, 0.717) is 24.3 Å². The maximum atomic E-state index is 12.3. The number of carbonyl (C=O) groups excluding carboxylic acids is 1. The van der Waals surface area contributed by atoms with Gasteiger partial charge in [-0.15, -0.1) is 0 Å². The van der Waals surface area contributed by atoms with Gasteiger partial charge in [0.15, 0.2) is 0 Å². The second-order valence-corrected chi connectivity index (χ2v) is 5.69.